The van der Waals surface area contributed by atoms with Crippen LogP contribution in [-0.2, 0) is 16.0 Å². The highest BCUT2D eigenvalue weighted by Gasteiger charge is 2.47. The average Bonchev–Trinajstić information content (AvgIpc) is 3.43. The van der Waals surface area contributed by atoms with Crippen LogP contribution in [0.2, 0.25) is 0 Å². The van der Waals surface area contributed by atoms with E-state index in [2.05, 4.69) is 9.97 Å². The Morgan fingerprint density at radius 1 is 1.25 bits per heavy atom. The predicted octanol–water partition coefficient (Wildman–Crippen LogP) is 2.98. The van der Waals surface area contributed by atoms with E-state index < -0.39 is 17.7 Å². The van der Waals surface area contributed by atoms with Crippen LogP contribution in [-0.4, -0.2) is 38.2 Å². The van der Waals surface area contributed by atoms with Crippen molar-refractivity contribution in [2.75, 3.05) is 6.54 Å². The summed E-state index contributed by atoms with van der Waals surface area (Å²) in [6, 6.07) is 9.73. The van der Waals surface area contributed by atoms with Gasteiger partial charge >= 0.3 is 0 Å². The van der Waals surface area contributed by atoms with Gasteiger partial charge in [0.05, 0.1) is 18.2 Å². The number of rotatable bonds is 5. The smallest absolute Gasteiger partial charge is 0.295 e. The predicted molar refractivity (Wildman–Crippen MR) is 101 cm³/mol. The maximum absolute atomic E-state index is 12.8. The number of nitrogens with one attached hydrogen (secondary N) is 1. The number of hydrogen-bond acceptors (Lipinski definition) is 5. The number of ketones is 1. The molecule has 7 heteroatoms. The molecule has 3 heterocycles. The van der Waals surface area contributed by atoms with Gasteiger partial charge < -0.3 is 19.4 Å². The quantitative estimate of drug-likeness (QED) is 0.405. The minimum atomic E-state index is -0.778. The SMILES string of the molecule is Cc1ccc(C(O)=C2C(=O)C(=O)N(CCc3cnc[nH]3)[C@@H]2c2ccco2)cc1. The van der Waals surface area contributed by atoms with Crippen molar-refractivity contribution in [2.45, 2.75) is 19.4 Å². The van der Waals surface area contributed by atoms with Gasteiger partial charge in [-0.2, -0.15) is 0 Å². The van der Waals surface area contributed by atoms with Crippen LogP contribution in [0.1, 0.15) is 28.6 Å². The van der Waals surface area contributed by atoms with Gasteiger partial charge in [0.25, 0.3) is 11.7 Å². The Kier molecular flexibility index (Phi) is 4.57. The molecule has 0 bridgehead atoms. The van der Waals surface area contributed by atoms with Crippen molar-refractivity contribution in [1.29, 1.82) is 0 Å². The number of amides is 1. The number of H-pyrrole nitrogens is 1. The van der Waals surface area contributed by atoms with Crippen LogP contribution in [0, 0.1) is 6.92 Å². The summed E-state index contributed by atoms with van der Waals surface area (Å²) in [5, 5.41) is 10.9. The number of benzene rings is 1. The average molecular weight is 377 g/mol. The van der Waals surface area contributed by atoms with E-state index in [-0.39, 0.29) is 17.9 Å². The molecule has 2 aromatic heterocycles. The van der Waals surface area contributed by atoms with E-state index in [1.807, 2.05) is 19.1 Å². The highest BCUT2D eigenvalue weighted by Crippen LogP contribution is 2.39. The van der Waals surface area contributed by atoms with E-state index in [0.29, 0.717) is 17.7 Å². The second kappa shape index (κ2) is 7.19. The number of furan rings is 1. The molecule has 2 N–H and O–H groups in total. The molecule has 4 rings (SSSR count). The van der Waals surface area contributed by atoms with Gasteiger partial charge in [0.1, 0.15) is 17.6 Å². The molecule has 1 aliphatic heterocycles. The summed E-state index contributed by atoms with van der Waals surface area (Å²) in [5.74, 6) is -1.15. The molecule has 1 atom stereocenters. The number of carbonyl (C=O) groups is 2. The van der Waals surface area contributed by atoms with Crippen molar-refractivity contribution in [3.8, 4) is 0 Å². The Bertz CT molecular complexity index is 1020. The molecular weight excluding hydrogens is 358 g/mol. The normalized spacial score (nSPS) is 18.8. The number of imidazole rings is 1. The van der Waals surface area contributed by atoms with Crippen molar-refractivity contribution >= 4 is 17.4 Å². The van der Waals surface area contributed by atoms with E-state index in [1.165, 1.54) is 11.2 Å². The Hall–Kier alpha value is -3.61. The zero-order valence-corrected chi connectivity index (χ0v) is 15.3. The zero-order valence-electron chi connectivity index (χ0n) is 15.3. The number of hydrogen-bond donors (Lipinski definition) is 2. The molecular formula is C21H19N3O4. The highest BCUT2D eigenvalue weighted by molar-refractivity contribution is 6.46. The van der Waals surface area contributed by atoms with Gasteiger partial charge in [-0.3, -0.25) is 9.59 Å². The molecule has 0 saturated carbocycles. The molecule has 1 fully saturated rings. The zero-order chi connectivity index (χ0) is 19.7. The van der Waals surface area contributed by atoms with Gasteiger partial charge in [-0.05, 0) is 19.1 Å². The number of Topliss-reactive ketones (excluding diaryl/α,β-unsaturated/α-hetero) is 1. The summed E-state index contributed by atoms with van der Waals surface area (Å²) in [4.78, 5) is 33.9. The first-order valence-electron chi connectivity index (χ1n) is 8.92. The van der Waals surface area contributed by atoms with Gasteiger partial charge in [-0.1, -0.05) is 29.8 Å². The third-order valence-corrected chi connectivity index (χ3v) is 4.85. The van der Waals surface area contributed by atoms with Crippen molar-refractivity contribution in [1.82, 2.24) is 14.9 Å². The van der Waals surface area contributed by atoms with Gasteiger partial charge in [0.2, 0.25) is 0 Å². The van der Waals surface area contributed by atoms with Gasteiger partial charge in [-0.25, -0.2) is 4.98 Å². The Balaban J connectivity index is 1.76. The summed E-state index contributed by atoms with van der Waals surface area (Å²) < 4.78 is 5.51. The number of aliphatic hydroxyl groups excluding tert-OH is 1. The lowest BCUT2D eigenvalue weighted by atomic mass is 9.99. The minimum Gasteiger partial charge on any atom is -0.507 e. The van der Waals surface area contributed by atoms with Gasteiger partial charge in [0, 0.05) is 30.4 Å². The number of aliphatic hydroxyl groups is 1. The van der Waals surface area contributed by atoms with Crippen LogP contribution in [0.3, 0.4) is 0 Å². The molecule has 3 aromatic rings. The molecule has 0 radical (unpaired) electrons. The van der Waals surface area contributed by atoms with E-state index in [1.54, 1.807) is 36.8 Å². The summed E-state index contributed by atoms with van der Waals surface area (Å²) >= 11 is 0. The molecule has 1 amide bonds. The maximum Gasteiger partial charge on any atom is 0.295 e. The fraction of sp³-hybridized carbons (Fsp3) is 0.190. The topological polar surface area (TPSA) is 99.4 Å². The molecule has 28 heavy (non-hydrogen) atoms. The number of nitrogens with zero attached hydrogens (tertiary/aromatic N) is 2. The number of aryl methyl sites for hydroxylation is 1. The molecule has 1 saturated heterocycles. The number of carbonyl (C=O) groups excluding carboxylic acids is 2. The minimum absolute atomic E-state index is 0.0356. The van der Waals surface area contributed by atoms with Crippen LogP contribution in [0.15, 0.2) is 65.2 Å². The lowest BCUT2D eigenvalue weighted by Gasteiger charge is -2.23. The molecule has 0 aliphatic carbocycles. The lowest BCUT2D eigenvalue weighted by Crippen LogP contribution is -2.31. The summed E-state index contributed by atoms with van der Waals surface area (Å²) in [5.41, 5.74) is 2.39. The third kappa shape index (κ3) is 3.11. The molecule has 142 valence electrons. The van der Waals surface area contributed by atoms with Crippen LogP contribution < -0.4 is 0 Å². The molecule has 7 nitrogen and oxygen atoms in total. The van der Waals surface area contributed by atoms with E-state index in [0.717, 1.165) is 11.3 Å². The van der Waals surface area contributed by atoms with Gasteiger partial charge in [-0.15, -0.1) is 0 Å². The molecule has 0 unspecified atom stereocenters. The fourth-order valence-electron chi connectivity index (χ4n) is 3.38. The van der Waals surface area contributed by atoms with Crippen LogP contribution in [0.25, 0.3) is 5.76 Å². The van der Waals surface area contributed by atoms with Crippen LogP contribution >= 0.6 is 0 Å². The molecule has 0 spiro atoms. The molecule has 1 aromatic carbocycles. The van der Waals surface area contributed by atoms with Gasteiger partial charge in [0.15, 0.2) is 0 Å². The van der Waals surface area contributed by atoms with Crippen molar-refractivity contribution in [3.05, 3.63) is 83.3 Å². The monoisotopic (exact) mass is 377 g/mol. The Morgan fingerprint density at radius 3 is 2.68 bits per heavy atom. The highest BCUT2D eigenvalue weighted by atomic mass is 16.3. The van der Waals surface area contributed by atoms with Crippen LogP contribution in [0.4, 0.5) is 0 Å². The maximum atomic E-state index is 12.8. The van der Waals surface area contributed by atoms with Crippen LogP contribution in [0.5, 0.6) is 0 Å². The summed E-state index contributed by atoms with van der Waals surface area (Å²) in [6.45, 7) is 2.21. The Morgan fingerprint density at radius 2 is 2.04 bits per heavy atom. The van der Waals surface area contributed by atoms with E-state index >= 15 is 0 Å². The summed E-state index contributed by atoms with van der Waals surface area (Å²) in [6.07, 6.45) is 5.21. The second-order valence-electron chi connectivity index (χ2n) is 6.70. The number of aromatic nitrogens is 2. The van der Waals surface area contributed by atoms with Crippen molar-refractivity contribution in [2.24, 2.45) is 0 Å². The summed E-state index contributed by atoms with van der Waals surface area (Å²) in [7, 11) is 0. The van der Waals surface area contributed by atoms with Crippen molar-refractivity contribution < 1.29 is 19.1 Å². The third-order valence-electron chi connectivity index (χ3n) is 4.85. The lowest BCUT2D eigenvalue weighted by molar-refractivity contribution is -0.140. The standard InChI is InChI=1S/C21H19N3O4/c1-13-4-6-14(7-5-13)19(25)17-18(16-3-2-10-28-16)24(21(27)20(17)26)9-8-15-11-22-12-23-15/h2-7,10-12,18,25H,8-9H2,1H3,(H,22,23)/t18-/m1/s1. The fourth-order valence-corrected chi connectivity index (χ4v) is 3.38. The van der Waals surface area contributed by atoms with E-state index in [9.17, 15) is 14.7 Å². The Labute approximate surface area is 161 Å². The molecule has 1 aliphatic rings. The first-order chi connectivity index (χ1) is 13.6. The first kappa shape index (κ1) is 17.8. The second-order valence-corrected chi connectivity index (χ2v) is 6.70. The van der Waals surface area contributed by atoms with Crippen molar-refractivity contribution in [3.63, 3.8) is 0 Å². The van der Waals surface area contributed by atoms with E-state index in [4.69, 9.17) is 4.42 Å². The number of likely N-dealkylation sites (tertiary alicyclic amines) is 1. The first-order valence-corrected chi connectivity index (χ1v) is 8.92. The largest absolute Gasteiger partial charge is 0.507 e. The number of aromatic amines is 1.